The Balaban J connectivity index is 1.45. The second-order valence-electron chi connectivity index (χ2n) is 7.38. The number of anilines is 1. The van der Waals surface area contributed by atoms with Crippen molar-refractivity contribution in [2.75, 3.05) is 12.4 Å². The van der Waals surface area contributed by atoms with Gasteiger partial charge in [-0.15, -0.1) is 0 Å². The number of rotatable bonds is 5. The van der Waals surface area contributed by atoms with E-state index in [1.54, 1.807) is 43.5 Å². The van der Waals surface area contributed by atoms with E-state index in [4.69, 9.17) is 4.74 Å². The number of nitrogens with one attached hydrogen (secondary N) is 2. The number of carbonyl (C=O) groups is 1. The predicted octanol–water partition coefficient (Wildman–Crippen LogP) is 3.89. The highest BCUT2D eigenvalue weighted by Gasteiger charge is 2.33. The molecule has 33 heavy (non-hydrogen) atoms. The van der Waals surface area contributed by atoms with E-state index in [2.05, 4.69) is 25.6 Å². The maximum atomic E-state index is 13.0. The molecule has 170 valence electrons. The second-order valence-corrected chi connectivity index (χ2v) is 7.38. The first-order valence-electron chi connectivity index (χ1n) is 10.1. The average molecular weight is 455 g/mol. The highest BCUT2D eigenvalue weighted by Crippen LogP contribution is 2.34. The van der Waals surface area contributed by atoms with Crippen molar-refractivity contribution in [2.24, 2.45) is 16.8 Å². The molecule has 1 aromatic heterocycles. The monoisotopic (exact) mass is 455 g/mol. The highest BCUT2D eigenvalue weighted by molar-refractivity contribution is 5.96. The van der Waals surface area contributed by atoms with E-state index in [9.17, 15) is 18.0 Å². The van der Waals surface area contributed by atoms with E-state index in [0.29, 0.717) is 24.0 Å². The fourth-order valence-electron chi connectivity index (χ4n) is 3.49. The molecule has 7 nitrogen and oxygen atoms in total. The lowest BCUT2D eigenvalue weighted by molar-refractivity contribution is -0.137. The Hall–Kier alpha value is -3.79. The van der Waals surface area contributed by atoms with Crippen LogP contribution in [0.25, 0.3) is 0 Å². The maximum Gasteiger partial charge on any atom is 0.416 e. The van der Waals surface area contributed by atoms with Gasteiger partial charge in [-0.2, -0.15) is 13.2 Å². The van der Waals surface area contributed by atoms with E-state index < -0.39 is 23.6 Å². The molecule has 2 heterocycles. The number of carbonyl (C=O) groups excluding carboxylic acids is 1. The Morgan fingerprint density at radius 1 is 1.18 bits per heavy atom. The van der Waals surface area contributed by atoms with Crippen molar-refractivity contribution in [1.29, 1.82) is 0 Å². The third-order valence-electron chi connectivity index (χ3n) is 5.03. The van der Waals surface area contributed by atoms with Crippen LogP contribution < -0.4 is 15.4 Å². The number of fused-ring (bicyclic) bond motifs is 1. The van der Waals surface area contributed by atoms with Gasteiger partial charge in [0, 0.05) is 24.2 Å². The smallest absolute Gasteiger partial charge is 0.416 e. The van der Waals surface area contributed by atoms with Crippen molar-refractivity contribution in [1.82, 2.24) is 15.3 Å². The Kier molecular flexibility index (Phi) is 6.36. The van der Waals surface area contributed by atoms with E-state index in [0.717, 1.165) is 17.8 Å². The number of alkyl halides is 3. The molecular weight excluding hydrogens is 435 g/mol. The quantitative estimate of drug-likeness (QED) is 0.714. The van der Waals surface area contributed by atoms with Crippen LogP contribution in [0.5, 0.6) is 5.88 Å². The lowest BCUT2D eigenvalue weighted by Gasteiger charge is -2.26. The molecule has 0 radical (unpaired) electrons. The summed E-state index contributed by atoms with van der Waals surface area (Å²) in [6.45, 7) is 0.557. The summed E-state index contributed by atoms with van der Waals surface area (Å²) in [5.41, 5.74) is 0.606. The molecule has 1 aromatic carbocycles. The van der Waals surface area contributed by atoms with Gasteiger partial charge >= 0.3 is 6.18 Å². The van der Waals surface area contributed by atoms with Crippen LogP contribution in [0.3, 0.4) is 0 Å². The molecular formula is C23H20F3N5O2. The zero-order chi connectivity index (χ0) is 23.4. The van der Waals surface area contributed by atoms with Crippen LogP contribution in [-0.2, 0) is 17.5 Å². The summed E-state index contributed by atoms with van der Waals surface area (Å²) in [5.74, 6) is -0.805. The first-order valence-corrected chi connectivity index (χ1v) is 10.1. The van der Waals surface area contributed by atoms with Crippen molar-refractivity contribution in [3.8, 4) is 5.88 Å². The molecule has 1 aliphatic heterocycles. The Labute approximate surface area is 187 Å². The van der Waals surface area contributed by atoms with Gasteiger partial charge < -0.3 is 15.4 Å². The molecule has 1 aliphatic carbocycles. The molecule has 0 saturated carbocycles. The van der Waals surface area contributed by atoms with E-state index >= 15 is 0 Å². The van der Waals surface area contributed by atoms with Gasteiger partial charge in [-0.1, -0.05) is 24.3 Å². The maximum absolute atomic E-state index is 13.0. The molecule has 2 N–H and O–H groups in total. The summed E-state index contributed by atoms with van der Waals surface area (Å²) in [6, 6.07) is 6.23. The molecule has 2 atom stereocenters. The number of hydrogen-bond acceptors (Lipinski definition) is 6. The number of hydrogen-bond donors (Lipinski definition) is 2. The number of allylic oxidation sites excluding steroid dienone is 3. The summed E-state index contributed by atoms with van der Waals surface area (Å²) in [4.78, 5) is 25.5. The van der Waals surface area contributed by atoms with Crippen LogP contribution in [0, 0.1) is 11.8 Å². The van der Waals surface area contributed by atoms with Crippen molar-refractivity contribution in [3.05, 3.63) is 84.0 Å². The first kappa shape index (κ1) is 22.4. The Morgan fingerprint density at radius 2 is 2.03 bits per heavy atom. The van der Waals surface area contributed by atoms with E-state index in [-0.39, 0.29) is 11.6 Å². The lowest BCUT2D eigenvalue weighted by Crippen LogP contribution is -2.31. The third kappa shape index (κ3) is 5.35. The largest absolute Gasteiger partial charge is 0.421 e. The number of amides is 1. The fraction of sp³-hybridized carbons (Fsp3) is 0.217. The topological polar surface area (TPSA) is 88.5 Å². The minimum atomic E-state index is -4.49. The molecule has 4 rings (SSSR count). The second kappa shape index (κ2) is 9.37. The minimum absolute atomic E-state index is 0.0766. The van der Waals surface area contributed by atoms with Gasteiger partial charge in [0.05, 0.1) is 22.9 Å². The van der Waals surface area contributed by atoms with Gasteiger partial charge in [0.2, 0.25) is 17.7 Å². The van der Waals surface area contributed by atoms with Gasteiger partial charge in [-0.05, 0) is 37.4 Å². The highest BCUT2D eigenvalue weighted by atomic mass is 19.4. The van der Waals surface area contributed by atoms with E-state index in [1.165, 1.54) is 18.5 Å². The summed E-state index contributed by atoms with van der Waals surface area (Å²) < 4.78 is 44.6. The molecule has 2 aromatic rings. The van der Waals surface area contributed by atoms with Gasteiger partial charge in [0.25, 0.3) is 0 Å². The SMILES string of the molecule is CNCc1cc(OC2=NC3=CC=CC(C(=O)Nc4cccc(C(F)(F)F)c4)C3C=C2)ncn1. The zero-order valence-corrected chi connectivity index (χ0v) is 17.5. The predicted molar refractivity (Wildman–Crippen MR) is 116 cm³/mol. The van der Waals surface area contributed by atoms with Gasteiger partial charge in [-0.25, -0.2) is 15.0 Å². The fourth-order valence-corrected chi connectivity index (χ4v) is 3.49. The summed E-state index contributed by atoms with van der Waals surface area (Å²) in [5, 5.41) is 5.57. The zero-order valence-electron chi connectivity index (χ0n) is 17.5. The number of nitrogens with zero attached hydrogens (tertiary/aromatic N) is 3. The number of ether oxygens (including phenoxy) is 1. The standard InChI is InChI=1S/C23H20F3N5O2/c1-27-12-16-11-21(29-13-28-16)33-20-9-8-17-18(6-3-7-19(17)31-20)22(32)30-15-5-2-4-14(10-15)23(24,25)26/h2-11,13,17-18,27H,12H2,1H3,(H,30,32). The van der Waals surface area contributed by atoms with Crippen LogP contribution in [-0.4, -0.2) is 28.8 Å². The molecule has 2 aliphatic rings. The van der Waals surface area contributed by atoms with Gasteiger partial charge in [-0.3, -0.25) is 4.79 Å². The summed E-state index contributed by atoms with van der Waals surface area (Å²) in [7, 11) is 1.80. The van der Waals surface area contributed by atoms with Gasteiger partial charge in [0.15, 0.2) is 0 Å². The normalized spacial score (nSPS) is 19.4. The van der Waals surface area contributed by atoms with Crippen molar-refractivity contribution in [3.63, 3.8) is 0 Å². The molecule has 0 saturated heterocycles. The number of benzene rings is 1. The number of halogens is 3. The number of aromatic nitrogens is 2. The molecule has 0 fully saturated rings. The van der Waals surface area contributed by atoms with Crippen LogP contribution in [0.1, 0.15) is 11.3 Å². The minimum Gasteiger partial charge on any atom is -0.421 e. The average Bonchev–Trinajstić information content (AvgIpc) is 2.78. The van der Waals surface area contributed by atoms with Crippen LogP contribution in [0.4, 0.5) is 18.9 Å². The van der Waals surface area contributed by atoms with Crippen LogP contribution in [0.15, 0.2) is 77.7 Å². The van der Waals surface area contributed by atoms with Crippen molar-refractivity contribution < 1.29 is 22.7 Å². The molecule has 0 bridgehead atoms. The van der Waals surface area contributed by atoms with E-state index in [1.807, 2.05) is 0 Å². The Bertz CT molecular complexity index is 1170. The summed E-state index contributed by atoms with van der Waals surface area (Å²) in [6.07, 6.45) is 5.48. The lowest BCUT2D eigenvalue weighted by atomic mass is 9.83. The van der Waals surface area contributed by atoms with Crippen molar-refractivity contribution >= 4 is 17.5 Å². The third-order valence-corrected chi connectivity index (χ3v) is 5.03. The van der Waals surface area contributed by atoms with Crippen molar-refractivity contribution in [2.45, 2.75) is 12.7 Å². The Morgan fingerprint density at radius 3 is 2.82 bits per heavy atom. The number of dihydropyridines is 1. The first-order chi connectivity index (χ1) is 15.8. The van der Waals surface area contributed by atoms with Gasteiger partial charge in [0.1, 0.15) is 6.33 Å². The van der Waals surface area contributed by atoms with Crippen LogP contribution >= 0.6 is 0 Å². The molecule has 1 amide bonds. The molecule has 2 unspecified atom stereocenters. The van der Waals surface area contributed by atoms with Crippen LogP contribution in [0.2, 0.25) is 0 Å². The summed E-state index contributed by atoms with van der Waals surface area (Å²) >= 11 is 0. The molecule has 10 heteroatoms. The number of aliphatic imine (C=N–C) groups is 1. The molecule has 0 spiro atoms.